The van der Waals surface area contributed by atoms with Gasteiger partial charge in [-0.2, -0.15) is 0 Å². The lowest BCUT2D eigenvalue weighted by Crippen LogP contribution is -2.48. The maximum Gasteiger partial charge on any atom is 0.193 e. The van der Waals surface area contributed by atoms with Gasteiger partial charge >= 0.3 is 0 Å². The van der Waals surface area contributed by atoms with Crippen molar-refractivity contribution >= 4 is 29.9 Å². The van der Waals surface area contributed by atoms with Gasteiger partial charge in [0.25, 0.3) is 0 Å². The van der Waals surface area contributed by atoms with Gasteiger partial charge in [0.2, 0.25) is 0 Å². The number of nitrogens with one attached hydrogen (secondary N) is 1. The zero-order valence-corrected chi connectivity index (χ0v) is 19.5. The number of hydrogen-bond donors (Lipinski definition) is 1. The summed E-state index contributed by atoms with van der Waals surface area (Å²) in [5.41, 5.74) is 4.16. The molecule has 4 nitrogen and oxygen atoms in total. The maximum absolute atomic E-state index is 5.68. The Balaban J connectivity index is 0.00000280. The molecule has 0 atom stereocenters. The van der Waals surface area contributed by atoms with Crippen molar-refractivity contribution in [3.05, 3.63) is 71.3 Å². The molecule has 5 heteroatoms. The molecule has 1 heterocycles. The van der Waals surface area contributed by atoms with Crippen LogP contribution in [0.5, 0.6) is 0 Å². The van der Waals surface area contributed by atoms with Gasteiger partial charge in [-0.05, 0) is 36.5 Å². The van der Waals surface area contributed by atoms with Crippen molar-refractivity contribution in [1.29, 1.82) is 0 Å². The number of benzene rings is 2. The van der Waals surface area contributed by atoms with Crippen molar-refractivity contribution in [3.63, 3.8) is 0 Å². The minimum atomic E-state index is 0. The van der Waals surface area contributed by atoms with Crippen LogP contribution in [-0.4, -0.2) is 44.7 Å². The molecule has 28 heavy (non-hydrogen) atoms. The molecule has 0 aliphatic carbocycles. The predicted octanol–water partition coefficient (Wildman–Crippen LogP) is 4.37. The second-order valence-electron chi connectivity index (χ2n) is 7.45. The van der Waals surface area contributed by atoms with Gasteiger partial charge in [0, 0.05) is 45.8 Å². The molecule has 3 rings (SSSR count). The van der Waals surface area contributed by atoms with Crippen LogP contribution in [-0.2, 0) is 16.7 Å². The summed E-state index contributed by atoms with van der Waals surface area (Å²) in [4.78, 5) is 6.70. The van der Waals surface area contributed by atoms with Gasteiger partial charge in [-0.15, -0.1) is 24.0 Å². The second kappa shape index (κ2) is 10.8. The van der Waals surface area contributed by atoms with E-state index in [0.29, 0.717) is 0 Å². The molecule has 0 aromatic heterocycles. The van der Waals surface area contributed by atoms with Gasteiger partial charge in [0.1, 0.15) is 0 Å². The number of hydrogen-bond acceptors (Lipinski definition) is 2. The molecule has 2 aromatic carbocycles. The summed E-state index contributed by atoms with van der Waals surface area (Å²) in [6.45, 7) is 5.54. The topological polar surface area (TPSA) is 36.9 Å². The molecule has 2 aromatic rings. The van der Waals surface area contributed by atoms with Crippen molar-refractivity contribution in [2.24, 2.45) is 4.99 Å². The number of halogens is 1. The number of guanidine groups is 1. The lowest BCUT2D eigenvalue weighted by molar-refractivity contribution is 0.0510. The predicted molar refractivity (Wildman–Crippen MR) is 128 cm³/mol. The first-order valence-corrected chi connectivity index (χ1v) is 9.74. The summed E-state index contributed by atoms with van der Waals surface area (Å²) in [5.74, 6) is 0.929. The first kappa shape index (κ1) is 22.7. The highest BCUT2D eigenvalue weighted by atomic mass is 127. The van der Waals surface area contributed by atoms with Crippen molar-refractivity contribution in [2.75, 3.05) is 33.9 Å². The van der Waals surface area contributed by atoms with E-state index in [1.165, 1.54) is 16.7 Å². The quantitative estimate of drug-likeness (QED) is 0.382. The lowest BCUT2D eigenvalue weighted by Gasteiger charge is -2.39. The Morgan fingerprint density at radius 2 is 1.71 bits per heavy atom. The fourth-order valence-corrected chi connectivity index (χ4v) is 4.04. The summed E-state index contributed by atoms with van der Waals surface area (Å²) in [6.07, 6.45) is 2.06. The van der Waals surface area contributed by atoms with E-state index >= 15 is 0 Å². The number of aryl methyl sites for hydroxylation is 1. The summed E-state index contributed by atoms with van der Waals surface area (Å²) in [6, 6.07) is 19.3. The van der Waals surface area contributed by atoms with Crippen molar-refractivity contribution in [1.82, 2.24) is 10.2 Å². The Morgan fingerprint density at radius 3 is 2.36 bits per heavy atom. The van der Waals surface area contributed by atoms with Gasteiger partial charge in [0.15, 0.2) is 5.96 Å². The lowest BCUT2D eigenvalue weighted by atomic mass is 9.72. The van der Waals surface area contributed by atoms with Crippen LogP contribution in [0.15, 0.2) is 59.6 Å². The third-order valence-electron chi connectivity index (χ3n) is 5.59. The van der Waals surface area contributed by atoms with Crippen LogP contribution in [0.25, 0.3) is 0 Å². The number of ether oxygens (including phenoxy) is 1. The molecular formula is C23H32IN3O. The molecule has 0 saturated carbocycles. The van der Waals surface area contributed by atoms with Gasteiger partial charge < -0.3 is 15.0 Å². The monoisotopic (exact) mass is 493 g/mol. The Labute approximate surface area is 186 Å². The Kier molecular flexibility index (Phi) is 8.76. The molecule has 1 aliphatic heterocycles. The molecule has 0 bridgehead atoms. The van der Waals surface area contributed by atoms with E-state index in [1.807, 2.05) is 13.1 Å². The van der Waals surface area contributed by atoms with E-state index in [9.17, 15) is 0 Å². The van der Waals surface area contributed by atoms with E-state index in [0.717, 1.165) is 45.1 Å². The van der Waals surface area contributed by atoms with Gasteiger partial charge in [-0.25, -0.2) is 0 Å². The SMILES string of the molecule is CN=C(NCC1(c2ccccc2C)CCOCC1)N(C)Cc1ccccc1.I. The molecule has 0 unspecified atom stereocenters. The van der Waals surface area contributed by atoms with Crippen LogP contribution in [0.1, 0.15) is 29.5 Å². The average molecular weight is 493 g/mol. The van der Waals surface area contributed by atoms with Gasteiger partial charge in [0.05, 0.1) is 0 Å². The standard InChI is InChI=1S/C23H31N3O.HI/c1-19-9-7-8-12-21(19)23(13-15-27-16-14-23)18-25-22(24-2)26(3)17-20-10-5-4-6-11-20;/h4-12H,13-18H2,1-3H3,(H,24,25);1H. The van der Waals surface area contributed by atoms with Crippen LogP contribution in [0.4, 0.5) is 0 Å². The molecule has 0 spiro atoms. The minimum absolute atomic E-state index is 0. The average Bonchev–Trinajstić information content (AvgIpc) is 2.70. The van der Waals surface area contributed by atoms with E-state index in [4.69, 9.17) is 4.74 Å². The van der Waals surface area contributed by atoms with Gasteiger partial charge in [-0.1, -0.05) is 54.6 Å². The Hall–Kier alpha value is -1.60. The summed E-state index contributed by atoms with van der Waals surface area (Å²) in [5, 5.41) is 3.65. The van der Waals surface area contributed by atoms with E-state index in [-0.39, 0.29) is 29.4 Å². The molecule has 1 aliphatic rings. The third kappa shape index (κ3) is 5.47. The van der Waals surface area contributed by atoms with Crippen molar-refractivity contribution in [3.8, 4) is 0 Å². The van der Waals surface area contributed by atoms with Gasteiger partial charge in [-0.3, -0.25) is 4.99 Å². The molecule has 0 radical (unpaired) electrons. The van der Waals surface area contributed by atoms with Crippen LogP contribution in [0, 0.1) is 6.92 Å². The van der Waals surface area contributed by atoms with Crippen LogP contribution >= 0.6 is 24.0 Å². The van der Waals surface area contributed by atoms with Crippen LogP contribution in [0.2, 0.25) is 0 Å². The fraction of sp³-hybridized carbons (Fsp3) is 0.435. The normalized spacial score (nSPS) is 16.2. The number of nitrogens with zero attached hydrogens (tertiary/aromatic N) is 2. The second-order valence-corrected chi connectivity index (χ2v) is 7.45. The summed E-state index contributed by atoms with van der Waals surface area (Å²) >= 11 is 0. The molecular weight excluding hydrogens is 461 g/mol. The van der Waals surface area contributed by atoms with Crippen molar-refractivity contribution in [2.45, 2.75) is 31.7 Å². The molecule has 0 amide bonds. The molecule has 1 saturated heterocycles. The van der Waals surface area contributed by atoms with E-state index in [2.05, 4.69) is 77.7 Å². The van der Waals surface area contributed by atoms with Crippen molar-refractivity contribution < 1.29 is 4.74 Å². The van der Waals surface area contributed by atoms with Crippen LogP contribution in [0.3, 0.4) is 0 Å². The first-order chi connectivity index (χ1) is 13.1. The largest absolute Gasteiger partial charge is 0.381 e. The zero-order valence-electron chi connectivity index (χ0n) is 17.1. The highest BCUT2D eigenvalue weighted by Gasteiger charge is 2.35. The number of rotatable bonds is 5. The minimum Gasteiger partial charge on any atom is -0.381 e. The highest BCUT2D eigenvalue weighted by molar-refractivity contribution is 14.0. The zero-order chi connectivity index (χ0) is 19.1. The molecule has 152 valence electrons. The van der Waals surface area contributed by atoms with E-state index < -0.39 is 0 Å². The van der Waals surface area contributed by atoms with Crippen LogP contribution < -0.4 is 5.32 Å². The first-order valence-electron chi connectivity index (χ1n) is 9.74. The van der Waals surface area contributed by atoms with E-state index in [1.54, 1.807) is 0 Å². The fourth-order valence-electron chi connectivity index (χ4n) is 4.04. The highest BCUT2D eigenvalue weighted by Crippen LogP contribution is 2.36. The summed E-state index contributed by atoms with van der Waals surface area (Å²) in [7, 11) is 3.95. The number of aliphatic imine (C=N–C) groups is 1. The Morgan fingerprint density at radius 1 is 1.07 bits per heavy atom. The maximum atomic E-state index is 5.68. The summed E-state index contributed by atoms with van der Waals surface area (Å²) < 4.78 is 5.68. The molecule has 1 N–H and O–H groups in total. The smallest absolute Gasteiger partial charge is 0.193 e. The Bertz CT molecular complexity index is 757. The molecule has 1 fully saturated rings. The third-order valence-corrected chi connectivity index (χ3v) is 5.59.